The second-order valence-electron chi connectivity index (χ2n) is 7.72. The van der Waals surface area contributed by atoms with Crippen molar-refractivity contribution in [1.82, 2.24) is 0 Å². The number of hydrogen-bond donors (Lipinski definition) is 1. The van der Waals surface area contributed by atoms with Gasteiger partial charge in [0.05, 0.1) is 5.75 Å². The molecule has 1 aliphatic carbocycles. The van der Waals surface area contributed by atoms with E-state index in [9.17, 15) is 13.2 Å². The molecular weight excluding hydrogens is 372 g/mol. The van der Waals surface area contributed by atoms with Gasteiger partial charge in [-0.05, 0) is 55.0 Å². The number of rotatable bonds is 6. The number of nitrogens with one attached hydrogen (secondary N) is 1. The number of carbonyl (C=O) groups is 1. The molecule has 28 heavy (non-hydrogen) atoms. The number of benzene rings is 2. The minimum atomic E-state index is -3.42. The number of carbonyl (C=O) groups excluding carboxylic acids is 1. The van der Waals surface area contributed by atoms with Crippen molar-refractivity contribution in [2.24, 2.45) is 5.92 Å². The van der Waals surface area contributed by atoms with Crippen molar-refractivity contribution in [2.45, 2.75) is 38.5 Å². The molecule has 4 rings (SSSR count). The van der Waals surface area contributed by atoms with Gasteiger partial charge in [-0.25, -0.2) is 8.42 Å². The van der Waals surface area contributed by atoms with Crippen LogP contribution in [0.25, 0.3) is 0 Å². The number of sulfonamides is 1. The van der Waals surface area contributed by atoms with E-state index in [4.69, 9.17) is 0 Å². The van der Waals surface area contributed by atoms with Crippen LogP contribution in [0.4, 0.5) is 11.4 Å². The Kier molecular flexibility index (Phi) is 5.40. The fraction of sp³-hybridized carbons (Fsp3) is 0.409. The van der Waals surface area contributed by atoms with Gasteiger partial charge in [0.15, 0.2) is 0 Å². The van der Waals surface area contributed by atoms with E-state index in [-0.39, 0.29) is 17.6 Å². The molecule has 2 aromatic carbocycles. The quantitative estimate of drug-likeness (QED) is 0.806. The molecule has 0 unspecified atom stereocenters. The first-order chi connectivity index (χ1) is 13.5. The average molecular weight is 399 g/mol. The highest BCUT2D eigenvalue weighted by molar-refractivity contribution is 7.92. The van der Waals surface area contributed by atoms with Gasteiger partial charge in [-0.15, -0.1) is 0 Å². The molecule has 1 heterocycles. The lowest BCUT2D eigenvalue weighted by Crippen LogP contribution is -2.33. The Morgan fingerprint density at radius 3 is 2.57 bits per heavy atom. The van der Waals surface area contributed by atoms with Crippen LogP contribution in [0.1, 0.15) is 36.8 Å². The molecule has 2 aliphatic rings. The maximum Gasteiger partial charge on any atom is 0.233 e. The van der Waals surface area contributed by atoms with Gasteiger partial charge in [0, 0.05) is 23.8 Å². The summed E-state index contributed by atoms with van der Waals surface area (Å²) in [5.74, 6) is 0.426. The van der Waals surface area contributed by atoms with Gasteiger partial charge < -0.3 is 4.90 Å². The molecule has 1 fully saturated rings. The van der Waals surface area contributed by atoms with Crippen LogP contribution in [-0.2, 0) is 27.7 Å². The lowest BCUT2D eigenvalue weighted by Gasteiger charge is -2.21. The summed E-state index contributed by atoms with van der Waals surface area (Å²) in [6.45, 7) is 0.689. The lowest BCUT2D eigenvalue weighted by atomic mass is 10.1. The molecule has 0 spiro atoms. The van der Waals surface area contributed by atoms with E-state index in [1.54, 1.807) is 6.07 Å². The zero-order valence-corrected chi connectivity index (χ0v) is 16.7. The number of nitrogens with zero attached hydrogens (tertiary/aromatic N) is 1. The number of amides is 1. The molecule has 148 valence electrons. The van der Waals surface area contributed by atoms with E-state index >= 15 is 0 Å². The summed E-state index contributed by atoms with van der Waals surface area (Å²) >= 11 is 0. The van der Waals surface area contributed by atoms with Gasteiger partial charge in [-0.1, -0.05) is 43.2 Å². The Labute approximate surface area is 166 Å². The Morgan fingerprint density at radius 1 is 1.07 bits per heavy atom. The van der Waals surface area contributed by atoms with Crippen LogP contribution in [0.2, 0.25) is 0 Å². The Morgan fingerprint density at radius 2 is 1.82 bits per heavy atom. The van der Waals surface area contributed by atoms with E-state index < -0.39 is 10.0 Å². The summed E-state index contributed by atoms with van der Waals surface area (Å²) in [4.78, 5) is 14.6. The van der Waals surface area contributed by atoms with Gasteiger partial charge in [0.2, 0.25) is 15.9 Å². The molecule has 1 saturated carbocycles. The molecule has 0 aromatic heterocycles. The molecule has 0 bridgehead atoms. The summed E-state index contributed by atoms with van der Waals surface area (Å²) in [5, 5.41) is 0. The van der Waals surface area contributed by atoms with Crippen LogP contribution in [0, 0.1) is 5.92 Å². The van der Waals surface area contributed by atoms with Crippen LogP contribution in [0.3, 0.4) is 0 Å². The zero-order chi connectivity index (χ0) is 19.6. The summed E-state index contributed by atoms with van der Waals surface area (Å²) in [7, 11) is -3.42. The molecule has 5 nitrogen and oxygen atoms in total. The van der Waals surface area contributed by atoms with Crippen LogP contribution in [-0.4, -0.2) is 26.6 Å². The maximum atomic E-state index is 12.8. The van der Waals surface area contributed by atoms with Crippen molar-refractivity contribution in [3.63, 3.8) is 0 Å². The molecular formula is C22H26N2O3S. The van der Waals surface area contributed by atoms with E-state index in [1.807, 2.05) is 47.4 Å². The summed E-state index contributed by atoms with van der Waals surface area (Å²) in [6.07, 6.45) is 5.51. The van der Waals surface area contributed by atoms with Crippen LogP contribution < -0.4 is 9.62 Å². The van der Waals surface area contributed by atoms with Gasteiger partial charge in [-0.3, -0.25) is 9.52 Å². The average Bonchev–Trinajstić information content (AvgIpc) is 3.36. The molecule has 0 atom stereocenters. The van der Waals surface area contributed by atoms with Crippen molar-refractivity contribution in [3.8, 4) is 0 Å². The second kappa shape index (κ2) is 7.95. The normalized spacial score (nSPS) is 16.9. The number of aryl methyl sites for hydroxylation is 1. The molecule has 0 radical (unpaired) electrons. The Bertz CT molecular complexity index is 951. The second-order valence-corrected chi connectivity index (χ2v) is 9.56. The van der Waals surface area contributed by atoms with Crippen LogP contribution in [0.5, 0.6) is 0 Å². The Hall–Kier alpha value is -2.34. The van der Waals surface area contributed by atoms with Gasteiger partial charge >= 0.3 is 0 Å². The van der Waals surface area contributed by atoms with Crippen molar-refractivity contribution < 1.29 is 13.2 Å². The van der Waals surface area contributed by atoms with Crippen molar-refractivity contribution >= 4 is 27.3 Å². The van der Waals surface area contributed by atoms with Crippen molar-refractivity contribution in [1.29, 1.82) is 0 Å². The van der Waals surface area contributed by atoms with E-state index in [1.165, 1.54) is 0 Å². The molecule has 1 amide bonds. The van der Waals surface area contributed by atoms with Crippen molar-refractivity contribution in [2.75, 3.05) is 21.9 Å². The summed E-state index contributed by atoms with van der Waals surface area (Å²) in [6, 6.07) is 15.1. The zero-order valence-electron chi connectivity index (χ0n) is 15.9. The fourth-order valence-electron chi connectivity index (χ4n) is 4.21. The molecule has 0 saturated heterocycles. The molecule has 1 aliphatic heterocycles. The van der Waals surface area contributed by atoms with E-state index in [0.29, 0.717) is 18.7 Å². The Balaban J connectivity index is 1.42. The third kappa shape index (κ3) is 4.22. The van der Waals surface area contributed by atoms with Crippen molar-refractivity contribution in [3.05, 3.63) is 59.7 Å². The summed E-state index contributed by atoms with van der Waals surface area (Å²) < 4.78 is 27.6. The predicted octanol–water partition coefficient (Wildman–Crippen LogP) is 3.75. The van der Waals surface area contributed by atoms with Gasteiger partial charge in [0.1, 0.15) is 0 Å². The minimum absolute atomic E-state index is 0.0421. The predicted molar refractivity (Wildman–Crippen MR) is 112 cm³/mol. The molecule has 2 aromatic rings. The topological polar surface area (TPSA) is 66.5 Å². The highest BCUT2D eigenvalue weighted by atomic mass is 32.2. The third-order valence-corrected chi connectivity index (χ3v) is 7.01. The van der Waals surface area contributed by atoms with Crippen LogP contribution in [0.15, 0.2) is 48.5 Å². The number of anilines is 2. The first-order valence-electron chi connectivity index (χ1n) is 10.0. The standard InChI is InChI=1S/C22H26N2O3S/c25-22(18-8-4-5-9-18)24-14-12-19-16-20(10-11-21(19)24)23-28(26,27)15-13-17-6-2-1-3-7-17/h1-3,6-7,10-11,16,18,23H,4-5,8-9,12-15H2. The maximum absolute atomic E-state index is 12.8. The van der Waals surface area contributed by atoms with Gasteiger partial charge in [-0.2, -0.15) is 0 Å². The molecule has 1 N–H and O–H groups in total. The van der Waals surface area contributed by atoms with Gasteiger partial charge in [0.25, 0.3) is 0 Å². The minimum Gasteiger partial charge on any atom is -0.312 e. The smallest absolute Gasteiger partial charge is 0.233 e. The largest absolute Gasteiger partial charge is 0.312 e. The first-order valence-corrected chi connectivity index (χ1v) is 11.7. The van der Waals surface area contributed by atoms with E-state index in [2.05, 4.69) is 4.72 Å². The highest BCUT2D eigenvalue weighted by Crippen LogP contribution is 2.35. The molecule has 6 heteroatoms. The monoisotopic (exact) mass is 398 g/mol. The lowest BCUT2D eigenvalue weighted by molar-refractivity contribution is -0.122. The van der Waals surface area contributed by atoms with E-state index in [0.717, 1.165) is 48.9 Å². The first kappa shape index (κ1) is 19.0. The number of hydrogen-bond acceptors (Lipinski definition) is 3. The SMILES string of the molecule is O=C(C1CCCC1)N1CCc2cc(NS(=O)(=O)CCc3ccccc3)ccc21. The number of fused-ring (bicyclic) bond motifs is 1. The van der Waals surface area contributed by atoms with Crippen LogP contribution >= 0.6 is 0 Å². The summed E-state index contributed by atoms with van der Waals surface area (Å²) in [5.41, 5.74) is 3.55. The highest BCUT2D eigenvalue weighted by Gasteiger charge is 2.31. The third-order valence-electron chi connectivity index (χ3n) is 5.72. The fourth-order valence-corrected chi connectivity index (χ4v) is 5.31.